The van der Waals surface area contributed by atoms with E-state index in [0.29, 0.717) is 23.4 Å². The van der Waals surface area contributed by atoms with Crippen molar-refractivity contribution >= 4 is 12.2 Å². The third-order valence-corrected chi connectivity index (χ3v) is 5.59. The van der Waals surface area contributed by atoms with Gasteiger partial charge < -0.3 is 14.2 Å². The van der Waals surface area contributed by atoms with E-state index in [9.17, 15) is 18.0 Å². The Hall–Kier alpha value is -3.89. The molecule has 8 nitrogen and oxygen atoms in total. The van der Waals surface area contributed by atoms with Crippen LogP contribution < -0.4 is 4.74 Å². The summed E-state index contributed by atoms with van der Waals surface area (Å²) < 4.78 is 48.9. The number of hydrogen-bond acceptors (Lipinski definition) is 5. The number of nitrogens with zero attached hydrogens (tertiary/aromatic N) is 6. The smallest absolute Gasteiger partial charge is 0.341 e. The molecule has 0 bridgehead atoms. The van der Waals surface area contributed by atoms with Crippen molar-refractivity contribution in [3.8, 4) is 17.3 Å². The summed E-state index contributed by atoms with van der Waals surface area (Å²) in [5, 5.41) is 5.28. The van der Waals surface area contributed by atoms with E-state index in [1.807, 2.05) is 0 Å². The number of likely N-dealkylation sites (tertiary alicyclic amines) is 1. The van der Waals surface area contributed by atoms with Crippen LogP contribution in [0.15, 0.2) is 48.0 Å². The molecule has 0 radical (unpaired) electrons. The number of imidazole rings is 1. The van der Waals surface area contributed by atoms with E-state index in [0.717, 1.165) is 6.07 Å². The van der Waals surface area contributed by atoms with Crippen LogP contribution in [0.25, 0.3) is 11.4 Å². The number of rotatable bonds is 4. The molecule has 1 fully saturated rings. The lowest BCUT2D eigenvalue weighted by atomic mass is 10.0. The Balaban J connectivity index is 1.24. The summed E-state index contributed by atoms with van der Waals surface area (Å²) in [6.45, 7) is 0.401. The highest BCUT2D eigenvalue weighted by Crippen LogP contribution is 2.32. The highest BCUT2D eigenvalue weighted by atomic mass is 19.1. The van der Waals surface area contributed by atoms with Gasteiger partial charge in [0, 0.05) is 25.7 Å². The fraction of sp³-hybridized carbons (Fsp3) is 0.273. The zero-order chi connectivity index (χ0) is 23.1. The average molecular weight is 456 g/mol. The molecule has 1 aromatic carbocycles. The van der Waals surface area contributed by atoms with Crippen molar-refractivity contribution in [1.29, 1.82) is 0 Å². The number of amides is 2. The van der Waals surface area contributed by atoms with Crippen LogP contribution in [-0.2, 0) is 7.05 Å². The lowest BCUT2D eigenvalue weighted by Crippen LogP contribution is -2.59. The van der Waals surface area contributed by atoms with Gasteiger partial charge in [-0.15, -0.1) is 0 Å². The average Bonchev–Trinajstić information content (AvgIpc) is 3.39. The largest absolute Gasteiger partial charge is 0.468 e. The minimum absolute atomic E-state index is 0.155. The van der Waals surface area contributed by atoms with E-state index in [1.165, 1.54) is 40.4 Å². The van der Waals surface area contributed by atoms with E-state index in [4.69, 9.17) is 4.74 Å². The van der Waals surface area contributed by atoms with E-state index in [2.05, 4.69) is 15.1 Å². The number of hydrogen-bond donors (Lipinski definition) is 0. The van der Waals surface area contributed by atoms with Crippen LogP contribution in [0.3, 0.4) is 0 Å². The number of hydrazone groups is 1. The third-order valence-electron chi connectivity index (χ3n) is 5.59. The van der Waals surface area contributed by atoms with Gasteiger partial charge in [0.25, 0.3) is 5.88 Å². The van der Waals surface area contributed by atoms with E-state index < -0.39 is 35.6 Å². The number of aryl methyl sites for hydroxylation is 1. The number of carbonyl (C=O) groups is 1. The standard InChI is InChI=1S/C22H19F3N6O2/c1-29-12-26-9-20(29)18-3-2-17(25)21(28-18)33-16-10-30(11-16)22(32)31-19(4-5-27-31)13-6-14(23)8-15(24)7-13/h2-3,5-9,12,16,19H,4,10-11H2,1H3. The summed E-state index contributed by atoms with van der Waals surface area (Å²) >= 11 is 0. The Kier molecular flexibility index (Phi) is 5.23. The summed E-state index contributed by atoms with van der Waals surface area (Å²) in [6, 6.07) is 4.94. The fourth-order valence-electron chi connectivity index (χ4n) is 3.87. The van der Waals surface area contributed by atoms with Crippen molar-refractivity contribution < 1.29 is 22.7 Å². The second-order valence-electron chi connectivity index (χ2n) is 7.90. The van der Waals surface area contributed by atoms with Gasteiger partial charge in [0.05, 0.1) is 43.0 Å². The van der Waals surface area contributed by atoms with Crippen LogP contribution in [0.2, 0.25) is 0 Å². The van der Waals surface area contributed by atoms with E-state index in [1.54, 1.807) is 24.1 Å². The summed E-state index contributed by atoms with van der Waals surface area (Å²) in [5.74, 6) is -2.20. The first-order valence-corrected chi connectivity index (χ1v) is 10.3. The van der Waals surface area contributed by atoms with Crippen molar-refractivity contribution in [2.45, 2.75) is 18.6 Å². The lowest BCUT2D eigenvalue weighted by Gasteiger charge is -2.40. The van der Waals surface area contributed by atoms with E-state index >= 15 is 0 Å². The van der Waals surface area contributed by atoms with Gasteiger partial charge in [-0.3, -0.25) is 0 Å². The fourth-order valence-corrected chi connectivity index (χ4v) is 3.87. The molecule has 11 heteroatoms. The Morgan fingerprint density at radius 3 is 2.58 bits per heavy atom. The lowest BCUT2D eigenvalue weighted by molar-refractivity contribution is 0.0231. The van der Waals surface area contributed by atoms with Crippen LogP contribution in [0.5, 0.6) is 5.88 Å². The van der Waals surface area contributed by atoms with Crippen molar-refractivity contribution in [3.05, 3.63) is 65.9 Å². The van der Waals surface area contributed by atoms with Crippen LogP contribution in [0, 0.1) is 17.5 Å². The molecule has 1 atom stereocenters. The summed E-state index contributed by atoms with van der Waals surface area (Å²) in [6.07, 6.45) is 4.66. The molecule has 3 aromatic rings. The molecule has 0 spiro atoms. The van der Waals surface area contributed by atoms with Gasteiger partial charge in [-0.25, -0.2) is 32.9 Å². The topological polar surface area (TPSA) is 75.8 Å². The summed E-state index contributed by atoms with van der Waals surface area (Å²) in [7, 11) is 1.80. The predicted molar refractivity (Wildman–Crippen MR) is 112 cm³/mol. The zero-order valence-corrected chi connectivity index (χ0v) is 17.5. The molecule has 0 aliphatic carbocycles. The maximum absolute atomic E-state index is 14.3. The minimum Gasteiger partial charge on any atom is -0.468 e. The highest BCUT2D eigenvalue weighted by molar-refractivity contribution is 5.79. The monoisotopic (exact) mass is 456 g/mol. The molecule has 1 saturated heterocycles. The maximum atomic E-state index is 14.3. The first-order chi connectivity index (χ1) is 15.9. The molecule has 1 unspecified atom stereocenters. The second-order valence-corrected chi connectivity index (χ2v) is 7.90. The molecular formula is C22H19F3N6O2. The number of pyridine rings is 1. The first kappa shape index (κ1) is 21.0. The molecule has 33 heavy (non-hydrogen) atoms. The van der Waals surface area contributed by atoms with Crippen LogP contribution in [-0.4, -0.2) is 55.9 Å². The van der Waals surface area contributed by atoms with Gasteiger partial charge in [0.15, 0.2) is 5.82 Å². The molecule has 2 aromatic heterocycles. The molecule has 170 valence electrons. The number of urea groups is 1. The normalized spacial score (nSPS) is 18.0. The third kappa shape index (κ3) is 4.01. The minimum atomic E-state index is -0.718. The second kappa shape index (κ2) is 8.23. The zero-order valence-electron chi connectivity index (χ0n) is 17.5. The Morgan fingerprint density at radius 1 is 1.12 bits per heavy atom. The van der Waals surface area contributed by atoms with Crippen LogP contribution in [0.4, 0.5) is 18.0 Å². The Labute approximate surface area is 186 Å². The van der Waals surface area contributed by atoms with Gasteiger partial charge in [0.1, 0.15) is 17.7 Å². The number of aromatic nitrogens is 3. The van der Waals surface area contributed by atoms with Gasteiger partial charge in [-0.1, -0.05) is 0 Å². The van der Waals surface area contributed by atoms with Gasteiger partial charge in [-0.2, -0.15) is 5.10 Å². The molecule has 0 N–H and O–H groups in total. The van der Waals surface area contributed by atoms with Crippen molar-refractivity contribution in [1.82, 2.24) is 24.4 Å². The molecule has 4 heterocycles. The number of ether oxygens (including phenoxy) is 1. The Bertz CT molecular complexity index is 1220. The number of halogens is 3. The predicted octanol–water partition coefficient (Wildman–Crippen LogP) is 3.52. The summed E-state index contributed by atoms with van der Waals surface area (Å²) in [4.78, 5) is 22.6. The number of carbonyl (C=O) groups excluding carboxylic acids is 1. The van der Waals surface area contributed by atoms with Gasteiger partial charge in [-0.05, 0) is 29.8 Å². The molecule has 5 rings (SSSR count). The van der Waals surface area contributed by atoms with Crippen LogP contribution in [0.1, 0.15) is 18.0 Å². The van der Waals surface area contributed by atoms with Gasteiger partial charge >= 0.3 is 6.03 Å². The van der Waals surface area contributed by atoms with Crippen LogP contribution >= 0.6 is 0 Å². The molecular weight excluding hydrogens is 437 g/mol. The molecule has 0 saturated carbocycles. The molecule has 2 aliphatic rings. The van der Waals surface area contributed by atoms with Gasteiger partial charge in [0.2, 0.25) is 0 Å². The Morgan fingerprint density at radius 2 is 1.88 bits per heavy atom. The first-order valence-electron chi connectivity index (χ1n) is 10.3. The van der Waals surface area contributed by atoms with Crippen molar-refractivity contribution in [2.75, 3.05) is 13.1 Å². The SMILES string of the molecule is Cn1cncc1-c1ccc(F)c(OC2CN(C(=O)N3N=CCC3c3cc(F)cc(F)c3)C2)n1. The summed E-state index contributed by atoms with van der Waals surface area (Å²) in [5.41, 5.74) is 1.54. The maximum Gasteiger partial charge on any atom is 0.341 e. The van der Waals surface area contributed by atoms with E-state index in [-0.39, 0.29) is 19.0 Å². The van der Waals surface area contributed by atoms with Crippen molar-refractivity contribution in [3.63, 3.8) is 0 Å². The number of benzene rings is 1. The molecule has 2 aliphatic heterocycles. The quantitative estimate of drug-likeness (QED) is 0.602. The highest BCUT2D eigenvalue weighted by Gasteiger charge is 2.39. The molecule has 2 amide bonds. The van der Waals surface area contributed by atoms with Crippen molar-refractivity contribution in [2.24, 2.45) is 12.1 Å².